The number of carboxylic acids is 1. The van der Waals surface area contributed by atoms with Gasteiger partial charge in [0.2, 0.25) is 5.76 Å². The molecule has 3 aromatic carbocycles. The number of furan rings is 1. The number of nitrogens with one attached hydrogen (secondary N) is 1. The fourth-order valence-electron chi connectivity index (χ4n) is 7.61. The SMILES string of the molecule is COc1ccc([C@H](Cc2c(Cl)c[n+]([O-])cc2Cl)c2cc(COc3ccc(C(NC(=O)O[C@H]4CN5CCC4CC5)c4ccccc4)cc3)oc2C(=O)O)cc1OC. The fourth-order valence-corrected chi connectivity index (χ4v) is 8.21. The maximum Gasteiger partial charge on any atom is 0.408 e. The van der Waals surface area contributed by atoms with Crippen molar-refractivity contribution in [1.29, 1.82) is 0 Å². The van der Waals surface area contributed by atoms with Crippen LogP contribution >= 0.6 is 23.2 Å². The van der Waals surface area contributed by atoms with E-state index in [-0.39, 0.29) is 40.7 Å². The van der Waals surface area contributed by atoms with Gasteiger partial charge in [0.05, 0.1) is 20.3 Å². The highest BCUT2D eigenvalue weighted by molar-refractivity contribution is 6.35. The van der Waals surface area contributed by atoms with E-state index < -0.39 is 24.0 Å². The number of aromatic carboxylic acids is 1. The second kappa shape index (κ2) is 17.2. The molecule has 3 aliphatic heterocycles. The summed E-state index contributed by atoms with van der Waals surface area (Å²) in [5, 5.41) is 25.6. The summed E-state index contributed by atoms with van der Waals surface area (Å²) in [6.07, 6.45) is 4.00. The quantitative estimate of drug-likeness (QED) is 0.0843. The maximum absolute atomic E-state index is 13.2. The summed E-state index contributed by atoms with van der Waals surface area (Å²) in [7, 11) is 3.02. The van der Waals surface area contributed by atoms with Gasteiger partial charge in [0.1, 0.15) is 34.3 Å². The zero-order valence-electron chi connectivity index (χ0n) is 30.8. The summed E-state index contributed by atoms with van der Waals surface area (Å²) >= 11 is 13.0. The number of hydrogen-bond acceptors (Lipinski definition) is 9. The van der Waals surface area contributed by atoms with Gasteiger partial charge < -0.3 is 39.0 Å². The monoisotopic (exact) mass is 801 g/mol. The van der Waals surface area contributed by atoms with E-state index >= 15 is 0 Å². The Morgan fingerprint density at radius 1 is 0.929 bits per heavy atom. The molecule has 0 radical (unpaired) electrons. The van der Waals surface area contributed by atoms with Crippen LogP contribution < -0.4 is 24.3 Å². The number of carbonyl (C=O) groups excluding carboxylic acids is 1. The van der Waals surface area contributed by atoms with E-state index in [9.17, 15) is 19.9 Å². The minimum atomic E-state index is -1.28. The second-order valence-electron chi connectivity index (χ2n) is 13.9. The minimum absolute atomic E-state index is 0.0897. The van der Waals surface area contributed by atoms with E-state index in [0.29, 0.717) is 44.6 Å². The van der Waals surface area contributed by atoms with Crippen LogP contribution in [0, 0.1) is 11.1 Å². The van der Waals surface area contributed by atoms with Crippen molar-refractivity contribution in [1.82, 2.24) is 10.2 Å². The first kappa shape index (κ1) is 38.8. The van der Waals surface area contributed by atoms with E-state index in [2.05, 4.69) is 10.2 Å². The first-order valence-corrected chi connectivity index (χ1v) is 19.0. The molecule has 8 rings (SSSR count). The summed E-state index contributed by atoms with van der Waals surface area (Å²) < 4.78 is 29.4. The molecular formula is C42H41Cl2N3O9. The number of piperidine rings is 3. The van der Waals surface area contributed by atoms with E-state index in [1.807, 2.05) is 42.5 Å². The Bertz CT molecular complexity index is 2150. The van der Waals surface area contributed by atoms with Gasteiger partial charge >= 0.3 is 12.1 Å². The molecule has 12 nitrogen and oxygen atoms in total. The van der Waals surface area contributed by atoms with Gasteiger partial charge in [-0.3, -0.25) is 4.90 Å². The number of alkyl carbamates (subject to hydrolysis) is 1. The van der Waals surface area contributed by atoms with Gasteiger partial charge in [0.15, 0.2) is 23.9 Å². The highest BCUT2D eigenvalue weighted by atomic mass is 35.5. The van der Waals surface area contributed by atoms with Crippen molar-refractivity contribution in [2.24, 2.45) is 5.92 Å². The van der Waals surface area contributed by atoms with Crippen LogP contribution in [0.15, 0.2) is 95.7 Å². The van der Waals surface area contributed by atoms with Gasteiger partial charge in [-0.25, -0.2) is 9.59 Å². The number of amides is 1. The van der Waals surface area contributed by atoms with Gasteiger partial charge in [-0.05, 0) is 85.3 Å². The largest absolute Gasteiger partial charge is 0.619 e. The third-order valence-corrected chi connectivity index (χ3v) is 11.2. The molecule has 2 aromatic heterocycles. The number of benzene rings is 3. The predicted octanol–water partition coefficient (Wildman–Crippen LogP) is 7.80. The molecule has 1 unspecified atom stereocenters. The van der Waals surface area contributed by atoms with Gasteiger partial charge in [-0.15, -0.1) is 0 Å². The van der Waals surface area contributed by atoms with E-state index in [0.717, 1.165) is 43.6 Å². The molecule has 1 amide bonds. The smallest absolute Gasteiger partial charge is 0.408 e. The highest BCUT2D eigenvalue weighted by Gasteiger charge is 2.37. The standard InChI is InChI=1S/C42H41Cl2N3O9/c1-52-36-13-10-28(18-37(36)53-2)31(20-33-34(43)21-47(51)22-35(33)44)32-19-30(55-40(32)41(48)49)24-54-29-11-8-27(9-12-29)39(26-6-4-3-5-7-26)45-42(50)56-38-23-46-16-14-25(38)15-17-46/h3-13,18-19,21-22,25,31,38-39H,14-17,20,23-24H2,1-2H3,(H,45,50)(H,48,49)/t31-,38-,39?/m0/s1. The van der Waals surface area contributed by atoms with Crippen LogP contribution in [0.2, 0.25) is 10.0 Å². The van der Waals surface area contributed by atoms with Crippen LogP contribution in [0.25, 0.3) is 0 Å². The zero-order valence-corrected chi connectivity index (χ0v) is 32.3. The molecule has 3 aliphatic rings. The van der Waals surface area contributed by atoms with Gasteiger partial charge in [-0.1, -0.05) is 71.7 Å². The molecule has 56 heavy (non-hydrogen) atoms. The first-order valence-electron chi connectivity index (χ1n) is 18.2. The molecule has 14 heteroatoms. The number of rotatable bonds is 14. The number of methoxy groups -OCH3 is 2. The Hall–Kier alpha value is -5.43. The Morgan fingerprint density at radius 2 is 1.59 bits per heavy atom. The summed E-state index contributed by atoms with van der Waals surface area (Å²) in [6, 6.07) is 23.4. The van der Waals surface area contributed by atoms with Crippen molar-refractivity contribution in [3.05, 3.63) is 146 Å². The first-order chi connectivity index (χ1) is 27.1. The number of pyridine rings is 1. The Kier molecular flexibility index (Phi) is 11.9. The van der Waals surface area contributed by atoms with Gasteiger partial charge in [0, 0.05) is 23.6 Å². The van der Waals surface area contributed by atoms with Crippen LogP contribution in [-0.4, -0.2) is 62.0 Å². The van der Waals surface area contributed by atoms with E-state index in [1.54, 1.807) is 36.4 Å². The molecule has 5 heterocycles. The molecule has 3 atom stereocenters. The normalized spacial score (nSPS) is 18.5. The lowest BCUT2D eigenvalue weighted by Gasteiger charge is -2.43. The molecule has 0 aliphatic carbocycles. The van der Waals surface area contributed by atoms with Crippen LogP contribution in [0.1, 0.15) is 68.9 Å². The van der Waals surface area contributed by atoms with E-state index in [4.69, 9.17) is 46.6 Å². The molecular weight excluding hydrogens is 761 g/mol. The number of fused-ring (bicyclic) bond motifs is 3. The zero-order chi connectivity index (χ0) is 39.3. The molecule has 0 saturated carbocycles. The molecule has 0 spiro atoms. The summed E-state index contributed by atoms with van der Waals surface area (Å²) in [4.78, 5) is 28.2. The molecule has 3 fully saturated rings. The molecule has 3 saturated heterocycles. The lowest BCUT2D eigenvalue weighted by Crippen LogP contribution is -2.52. The Morgan fingerprint density at radius 3 is 2.21 bits per heavy atom. The number of ether oxygens (including phenoxy) is 4. The third kappa shape index (κ3) is 8.67. The Labute approximate surface area is 334 Å². The molecule has 2 bridgehead atoms. The average Bonchev–Trinajstić information content (AvgIpc) is 3.64. The average molecular weight is 803 g/mol. The third-order valence-electron chi connectivity index (χ3n) is 10.5. The summed E-state index contributed by atoms with van der Waals surface area (Å²) in [6.45, 7) is 2.78. The molecule has 2 N–H and O–H groups in total. The van der Waals surface area contributed by atoms with Crippen LogP contribution in [0.5, 0.6) is 17.2 Å². The fraction of sp³-hybridized carbons (Fsp3) is 0.310. The Balaban J connectivity index is 1.11. The maximum atomic E-state index is 13.2. The number of halogens is 2. The van der Waals surface area contributed by atoms with Crippen LogP contribution in [-0.2, 0) is 17.8 Å². The number of nitrogens with zero attached hydrogens (tertiary/aromatic N) is 2. The van der Waals surface area contributed by atoms with E-state index in [1.165, 1.54) is 26.6 Å². The summed E-state index contributed by atoms with van der Waals surface area (Å²) in [5.74, 6) is -0.170. The van der Waals surface area contributed by atoms with Gasteiger partial charge in [-0.2, -0.15) is 4.73 Å². The lowest BCUT2D eigenvalue weighted by atomic mass is 9.85. The minimum Gasteiger partial charge on any atom is -0.619 e. The van der Waals surface area contributed by atoms with Crippen molar-refractivity contribution in [2.45, 2.75) is 43.9 Å². The van der Waals surface area contributed by atoms with Gasteiger partial charge in [0.25, 0.3) is 0 Å². The predicted molar refractivity (Wildman–Crippen MR) is 208 cm³/mol. The van der Waals surface area contributed by atoms with Crippen LogP contribution in [0.3, 0.4) is 0 Å². The number of carboxylic acid groups (broad SMARTS) is 1. The number of carbonyl (C=O) groups is 2. The number of hydrogen-bond donors (Lipinski definition) is 2. The van der Waals surface area contributed by atoms with Crippen molar-refractivity contribution < 1.29 is 42.8 Å². The highest BCUT2D eigenvalue weighted by Crippen LogP contribution is 2.40. The van der Waals surface area contributed by atoms with Crippen molar-refractivity contribution in [2.75, 3.05) is 33.9 Å². The van der Waals surface area contributed by atoms with Crippen molar-refractivity contribution in [3.63, 3.8) is 0 Å². The lowest BCUT2D eigenvalue weighted by molar-refractivity contribution is -0.605. The van der Waals surface area contributed by atoms with Crippen molar-refractivity contribution in [3.8, 4) is 17.2 Å². The van der Waals surface area contributed by atoms with Crippen LogP contribution in [0.4, 0.5) is 4.79 Å². The van der Waals surface area contributed by atoms with Crippen molar-refractivity contribution >= 4 is 35.3 Å². The molecule has 5 aromatic rings. The number of aromatic nitrogens is 1. The summed E-state index contributed by atoms with van der Waals surface area (Å²) in [5.41, 5.74) is 3.17. The molecule has 292 valence electrons. The topological polar surface area (TPSA) is 147 Å². The second-order valence-corrected chi connectivity index (χ2v) is 14.7.